The van der Waals surface area contributed by atoms with E-state index in [4.69, 9.17) is 4.74 Å². The molecule has 0 unspecified atom stereocenters. The molecule has 4 nitrogen and oxygen atoms in total. The molecule has 0 radical (unpaired) electrons. The summed E-state index contributed by atoms with van der Waals surface area (Å²) < 4.78 is 5.62. The fraction of sp³-hybridized carbons (Fsp3) is 0.350. The maximum absolute atomic E-state index is 12.3. The summed E-state index contributed by atoms with van der Waals surface area (Å²) in [6.07, 6.45) is 0. The molecule has 128 valence electrons. The number of nitrogens with zero attached hydrogens (tertiary/aromatic N) is 1. The second kappa shape index (κ2) is 8.50. The largest absolute Gasteiger partial charge is 0.484 e. The number of rotatable bonds is 7. The van der Waals surface area contributed by atoms with Crippen molar-refractivity contribution in [2.75, 3.05) is 27.2 Å². The number of nitrogens with one attached hydrogen (secondary N) is 1. The Morgan fingerprint density at radius 3 is 2.42 bits per heavy atom. The quantitative estimate of drug-likeness (QED) is 0.850. The van der Waals surface area contributed by atoms with Crippen molar-refractivity contribution in [1.29, 1.82) is 0 Å². The molecule has 0 aliphatic rings. The molecule has 0 saturated carbocycles. The second-order valence-corrected chi connectivity index (χ2v) is 6.33. The van der Waals surface area contributed by atoms with E-state index in [2.05, 4.69) is 17.1 Å². The van der Waals surface area contributed by atoms with Crippen LogP contribution in [0.25, 0.3) is 0 Å². The topological polar surface area (TPSA) is 41.6 Å². The van der Waals surface area contributed by atoms with Gasteiger partial charge in [0.2, 0.25) is 0 Å². The number of hydrogen-bond donors (Lipinski definition) is 1. The first-order valence-corrected chi connectivity index (χ1v) is 8.15. The van der Waals surface area contributed by atoms with E-state index in [1.807, 2.05) is 69.6 Å². The molecule has 0 saturated heterocycles. The molecule has 0 heterocycles. The smallest absolute Gasteiger partial charge is 0.258 e. The van der Waals surface area contributed by atoms with Crippen LogP contribution >= 0.6 is 0 Å². The van der Waals surface area contributed by atoms with Gasteiger partial charge in [0, 0.05) is 6.54 Å². The summed E-state index contributed by atoms with van der Waals surface area (Å²) in [4.78, 5) is 14.3. The molecule has 2 aromatic rings. The van der Waals surface area contributed by atoms with Gasteiger partial charge in [0.25, 0.3) is 5.91 Å². The van der Waals surface area contributed by atoms with Gasteiger partial charge < -0.3 is 15.0 Å². The molecule has 0 spiro atoms. The van der Waals surface area contributed by atoms with E-state index < -0.39 is 0 Å². The van der Waals surface area contributed by atoms with Crippen molar-refractivity contribution >= 4 is 5.91 Å². The van der Waals surface area contributed by atoms with Crippen LogP contribution in [0, 0.1) is 13.8 Å². The Morgan fingerprint density at radius 2 is 1.79 bits per heavy atom. The molecule has 0 aliphatic carbocycles. The van der Waals surface area contributed by atoms with Gasteiger partial charge in [-0.1, -0.05) is 36.4 Å². The van der Waals surface area contributed by atoms with E-state index in [1.54, 1.807) is 0 Å². The highest BCUT2D eigenvalue weighted by atomic mass is 16.5. The Balaban J connectivity index is 1.96. The minimum Gasteiger partial charge on any atom is -0.484 e. The van der Waals surface area contributed by atoms with Crippen LogP contribution in [-0.2, 0) is 4.79 Å². The number of ether oxygens (including phenoxy) is 1. The van der Waals surface area contributed by atoms with E-state index in [-0.39, 0.29) is 18.6 Å². The summed E-state index contributed by atoms with van der Waals surface area (Å²) in [5.74, 6) is 0.598. The first-order valence-electron chi connectivity index (χ1n) is 8.15. The number of amides is 1. The van der Waals surface area contributed by atoms with Crippen molar-refractivity contribution in [3.8, 4) is 5.75 Å². The summed E-state index contributed by atoms with van der Waals surface area (Å²) in [5.41, 5.74) is 3.45. The van der Waals surface area contributed by atoms with Crippen LogP contribution in [0.3, 0.4) is 0 Å². The molecule has 1 N–H and O–H groups in total. The number of likely N-dealkylation sites (N-methyl/N-ethyl adjacent to an activating group) is 1. The third-order valence-corrected chi connectivity index (χ3v) is 3.93. The number of aryl methyl sites for hydroxylation is 2. The van der Waals surface area contributed by atoms with Crippen molar-refractivity contribution in [3.63, 3.8) is 0 Å². The molecular formula is C20H26N2O2. The summed E-state index contributed by atoms with van der Waals surface area (Å²) in [6, 6.07) is 15.8. The van der Waals surface area contributed by atoms with Gasteiger partial charge in [-0.15, -0.1) is 0 Å². The fourth-order valence-electron chi connectivity index (χ4n) is 2.47. The van der Waals surface area contributed by atoms with Gasteiger partial charge in [0.05, 0.1) is 6.04 Å². The van der Waals surface area contributed by atoms with E-state index in [1.165, 1.54) is 5.56 Å². The molecule has 24 heavy (non-hydrogen) atoms. The van der Waals surface area contributed by atoms with E-state index >= 15 is 0 Å². The van der Waals surface area contributed by atoms with Crippen molar-refractivity contribution in [3.05, 3.63) is 65.2 Å². The Bertz CT molecular complexity index is 669. The Morgan fingerprint density at radius 1 is 1.08 bits per heavy atom. The van der Waals surface area contributed by atoms with Gasteiger partial charge >= 0.3 is 0 Å². The molecule has 2 rings (SSSR count). The van der Waals surface area contributed by atoms with Gasteiger partial charge in [0.15, 0.2) is 6.61 Å². The Kier molecular flexibility index (Phi) is 6.38. The van der Waals surface area contributed by atoms with Gasteiger partial charge in [-0.05, 0) is 56.8 Å². The van der Waals surface area contributed by atoms with Crippen molar-refractivity contribution in [2.24, 2.45) is 0 Å². The third-order valence-electron chi connectivity index (χ3n) is 3.93. The van der Waals surface area contributed by atoms with Crippen LogP contribution in [0.5, 0.6) is 5.75 Å². The van der Waals surface area contributed by atoms with Crippen LogP contribution in [0.4, 0.5) is 0 Å². The van der Waals surface area contributed by atoms with Crippen molar-refractivity contribution in [2.45, 2.75) is 19.9 Å². The van der Waals surface area contributed by atoms with Gasteiger partial charge in [0.1, 0.15) is 5.75 Å². The first-order chi connectivity index (χ1) is 11.5. The van der Waals surface area contributed by atoms with Crippen LogP contribution in [-0.4, -0.2) is 38.1 Å². The zero-order chi connectivity index (χ0) is 17.5. The Hall–Kier alpha value is -2.33. The molecule has 2 aromatic carbocycles. The van der Waals surface area contributed by atoms with Gasteiger partial charge in [-0.2, -0.15) is 0 Å². The highest BCUT2D eigenvalue weighted by molar-refractivity contribution is 5.78. The molecular weight excluding hydrogens is 300 g/mol. The van der Waals surface area contributed by atoms with Gasteiger partial charge in [-0.25, -0.2) is 0 Å². The lowest BCUT2D eigenvalue weighted by Gasteiger charge is -2.23. The lowest BCUT2D eigenvalue weighted by molar-refractivity contribution is -0.124. The van der Waals surface area contributed by atoms with E-state index in [0.717, 1.165) is 23.4 Å². The molecule has 0 fully saturated rings. The highest BCUT2D eigenvalue weighted by Crippen LogP contribution is 2.17. The van der Waals surface area contributed by atoms with Crippen LogP contribution < -0.4 is 10.1 Å². The zero-order valence-electron chi connectivity index (χ0n) is 14.9. The average Bonchev–Trinajstić information content (AvgIpc) is 2.56. The molecule has 1 atom stereocenters. The molecule has 0 bridgehead atoms. The zero-order valence-corrected chi connectivity index (χ0v) is 14.9. The average molecular weight is 326 g/mol. The third kappa shape index (κ3) is 5.39. The lowest BCUT2D eigenvalue weighted by atomic mass is 10.1. The first kappa shape index (κ1) is 18.0. The standard InChI is InChI=1S/C20H26N2O2/c1-15-10-11-18(12-16(15)2)24-14-20(23)21-19(13-22(3)4)17-8-6-5-7-9-17/h5-12,19H,13-14H2,1-4H3,(H,21,23)/t19-/m0/s1. The summed E-state index contributed by atoms with van der Waals surface area (Å²) in [5, 5.41) is 3.06. The molecule has 4 heteroatoms. The number of carbonyl (C=O) groups excluding carboxylic acids is 1. The monoisotopic (exact) mass is 326 g/mol. The predicted molar refractivity (Wildman–Crippen MR) is 97.3 cm³/mol. The summed E-state index contributed by atoms with van der Waals surface area (Å²) >= 11 is 0. The number of benzene rings is 2. The van der Waals surface area contributed by atoms with Crippen LogP contribution in [0.1, 0.15) is 22.7 Å². The van der Waals surface area contributed by atoms with E-state index in [0.29, 0.717) is 0 Å². The minimum absolute atomic E-state index is 0.0132. The van der Waals surface area contributed by atoms with Gasteiger partial charge in [-0.3, -0.25) is 4.79 Å². The van der Waals surface area contributed by atoms with Crippen LogP contribution in [0.15, 0.2) is 48.5 Å². The maximum Gasteiger partial charge on any atom is 0.258 e. The maximum atomic E-state index is 12.3. The SMILES string of the molecule is Cc1ccc(OCC(=O)N[C@@H](CN(C)C)c2ccccc2)cc1C. The molecule has 0 aliphatic heterocycles. The Labute approximate surface area is 144 Å². The second-order valence-electron chi connectivity index (χ2n) is 6.33. The van der Waals surface area contributed by atoms with E-state index in [9.17, 15) is 4.79 Å². The van der Waals surface area contributed by atoms with Crippen molar-refractivity contribution < 1.29 is 9.53 Å². The number of hydrogen-bond acceptors (Lipinski definition) is 3. The normalized spacial score (nSPS) is 12.0. The van der Waals surface area contributed by atoms with Crippen LogP contribution in [0.2, 0.25) is 0 Å². The summed E-state index contributed by atoms with van der Waals surface area (Å²) in [7, 11) is 3.99. The minimum atomic E-state index is -0.121. The molecule has 0 aromatic heterocycles. The molecule has 1 amide bonds. The van der Waals surface area contributed by atoms with Crippen molar-refractivity contribution in [1.82, 2.24) is 10.2 Å². The fourth-order valence-corrected chi connectivity index (χ4v) is 2.47. The summed E-state index contributed by atoms with van der Waals surface area (Å²) in [6.45, 7) is 4.83. The highest BCUT2D eigenvalue weighted by Gasteiger charge is 2.15. The predicted octanol–water partition coefficient (Wildman–Crippen LogP) is 3.10. The lowest BCUT2D eigenvalue weighted by Crippen LogP contribution is -2.37. The number of carbonyl (C=O) groups is 1.